The van der Waals surface area contributed by atoms with Crippen LogP contribution in [0, 0.1) is 5.41 Å². The van der Waals surface area contributed by atoms with Gasteiger partial charge in [0.25, 0.3) is 0 Å². The van der Waals surface area contributed by atoms with Crippen LogP contribution in [0.3, 0.4) is 0 Å². The molecule has 0 unspecified atom stereocenters. The zero-order valence-electron chi connectivity index (χ0n) is 12.1. The molecule has 1 aliphatic rings. The van der Waals surface area contributed by atoms with Crippen LogP contribution in [0.2, 0.25) is 0 Å². The van der Waals surface area contributed by atoms with Crippen molar-refractivity contribution in [3.8, 4) is 5.88 Å². The molecule has 106 valence electrons. The van der Waals surface area contributed by atoms with E-state index >= 15 is 0 Å². The van der Waals surface area contributed by atoms with Crippen LogP contribution in [0.5, 0.6) is 5.88 Å². The van der Waals surface area contributed by atoms with Gasteiger partial charge in [-0.15, -0.1) is 0 Å². The third-order valence-electron chi connectivity index (χ3n) is 4.15. The highest BCUT2D eigenvalue weighted by Crippen LogP contribution is 2.37. The summed E-state index contributed by atoms with van der Waals surface area (Å²) in [6.45, 7) is 4.64. The standard InChI is InChI=1S/C16H21N3O/c1-16(2)9-7-11(8-10-16)20-14-12-5-3-4-6-13(12)18-15(17)19-14/h3-6,11H,7-10H2,1-2H3,(H2,17,18,19). The van der Waals surface area contributed by atoms with E-state index < -0.39 is 0 Å². The fourth-order valence-electron chi connectivity index (χ4n) is 2.80. The lowest BCUT2D eigenvalue weighted by Crippen LogP contribution is -2.28. The SMILES string of the molecule is CC1(C)CCC(Oc2nc(N)nc3ccccc23)CC1. The Kier molecular flexibility index (Phi) is 3.24. The van der Waals surface area contributed by atoms with Gasteiger partial charge in [-0.05, 0) is 43.2 Å². The van der Waals surface area contributed by atoms with Crippen LogP contribution in [-0.4, -0.2) is 16.1 Å². The second-order valence-electron chi connectivity index (χ2n) is 6.39. The number of benzene rings is 1. The molecule has 0 saturated heterocycles. The number of nitrogens with two attached hydrogens (primary N) is 1. The van der Waals surface area contributed by atoms with E-state index in [0.29, 0.717) is 11.3 Å². The van der Waals surface area contributed by atoms with Crippen molar-refractivity contribution in [3.05, 3.63) is 24.3 Å². The average Bonchev–Trinajstić information content (AvgIpc) is 2.41. The molecule has 1 heterocycles. The molecular formula is C16H21N3O. The maximum Gasteiger partial charge on any atom is 0.226 e. The van der Waals surface area contributed by atoms with Crippen molar-refractivity contribution in [2.24, 2.45) is 5.41 Å². The summed E-state index contributed by atoms with van der Waals surface area (Å²) >= 11 is 0. The number of nitrogen functional groups attached to an aromatic ring is 1. The van der Waals surface area contributed by atoms with Crippen LogP contribution < -0.4 is 10.5 Å². The Labute approximate surface area is 119 Å². The lowest BCUT2D eigenvalue weighted by molar-refractivity contribution is 0.0964. The molecular weight excluding hydrogens is 250 g/mol. The van der Waals surface area contributed by atoms with E-state index in [-0.39, 0.29) is 12.1 Å². The van der Waals surface area contributed by atoms with E-state index in [1.165, 1.54) is 12.8 Å². The number of hydrogen-bond acceptors (Lipinski definition) is 4. The minimum absolute atomic E-state index is 0.237. The van der Waals surface area contributed by atoms with Gasteiger partial charge in [0.1, 0.15) is 6.10 Å². The van der Waals surface area contributed by atoms with Gasteiger partial charge >= 0.3 is 0 Å². The first-order valence-electron chi connectivity index (χ1n) is 7.22. The number of rotatable bonds is 2. The Balaban J connectivity index is 1.84. The van der Waals surface area contributed by atoms with Crippen LogP contribution >= 0.6 is 0 Å². The first-order chi connectivity index (χ1) is 9.53. The average molecular weight is 271 g/mol. The Morgan fingerprint density at radius 2 is 1.85 bits per heavy atom. The number of fused-ring (bicyclic) bond motifs is 1. The van der Waals surface area contributed by atoms with Gasteiger partial charge in [-0.2, -0.15) is 4.98 Å². The molecule has 0 amide bonds. The zero-order valence-corrected chi connectivity index (χ0v) is 12.1. The molecule has 0 spiro atoms. The number of aromatic nitrogens is 2. The highest BCUT2D eigenvalue weighted by atomic mass is 16.5. The summed E-state index contributed by atoms with van der Waals surface area (Å²) in [6, 6.07) is 7.83. The predicted octanol–water partition coefficient (Wildman–Crippen LogP) is 3.56. The van der Waals surface area contributed by atoms with E-state index in [0.717, 1.165) is 23.7 Å². The van der Waals surface area contributed by atoms with E-state index in [2.05, 4.69) is 23.8 Å². The molecule has 2 aromatic rings. The summed E-state index contributed by atoms with van der Waals surface area (Å²) in [5.41, 5.74) is 7.05. The zero-order chi connectivity index (χ0) is 14.2. The topological polar surface area (TPSA) is 61.0 Å². The Hall–Kier alpha value is -1.84. The molecule has 4 heteroatoms. The maximum atomic E-state index is 6.11. The van der Waals surface area contributed by atoms with Gasteiger partial charge in [-0.3, -0.25) is 0 Å². The quantitative estimate of drug-likeness (QED) is 0.907. The van der Waals surface area contributed by atoms with Crippen molar-refractivity contribution in [1.82, 2.24) is 9.97 Å². The van der Waals surface area contributed by atoms with Gasteiger partial charge in [-0.1, -0.05) is 26.0 Å². The third kappa shape index (κ3) is 2.69. The van der Waals surface area contributed by atoms with Gasteiger partial charge in [0.15, 0.2) is 0 Å². The second-order valence-corrected chi connectivity index (χ2v) is 6.39. The van der Waals surface area contributed by atoms with Crippen LogP contribution in [-0.2, 0) is 0 Å². The third-order valence-corrected chi connectivity index (χ3v) is 4.15. The maximum absolute atomic E-state index is 6.11. The molecule has 0 atom stereocenters. The number of hydrogen-bond donors (Lipinski definition) is 1. The summed E-state index contributed by atoms with van der Waals surface area (Å²) in [5, 5.41) is 0.937. The lowest BCUT2D eigenvalue weighted by atomic mass is 9.76. The normalized spacial score (nSPS) is 19.1. The highest BCUT2D eigenvalue weighted by Gasteiger charge is 2.28. The molecule has 3 rings (SSSR count). The van der Waals surface area contributed by atoms with Crippen molar-refractivity contribution in [1.29, 1.82) is 0 Å². The largest absolute Gasteiger partial charge is 0.474 e. The molecule has 0 aliphatic heterocycles. The number of para-hydroxylation sites is 1. The summed E-state index contributed by atoms with van der Waals surface area (Å²) in [5.74, 6) is 0.896. The second kappa shape index (κ2) is 4.93. The van der Waals surface area contributed by atoms with Crippen LogP contribution in [0.15, 0.2) is 24.3 Å². The van der Waals surface area contributed by atoms with Gasteiger partial charge in [0.2, 0.25) is 11.8 Å². The van der Waals surface area contributed by atoms with E-state index in [1.807, 2.05) is 24.3 Å². The molecule has 0 radical (unpaired) electrons. The van der Waals surface area contributed by atoms with E-state index in [1.54, 1.807) is 0 Å². The Bertz CT molecular complexity index is 614. The van der Waals surface area contributed by atoms with E-state index in [9.17, 15) is 0 Å². The molecule has 1 aromatic heterocycles. The minimum Gasteiger partial charge on any atom is -0.474 e. The summed E-state index contributed by atoms with van der Waals surface area (Å²) in [7, 11) is 0. The first kappa shape index (κ1) is 13.2. The van der Waals surface area contributed by atoms with Crippen molar-refractivity contribution in [2.75, 3.05) is 5.73 Å². The smallest absolute Gasteiger partial charge is 0.226 e. The van der Waals surface area contributed by atoms with Crippen molar-refractivity contribution in [3.63, 3.8) is 0 Å². The fourth-order valence-corrected chi connectivity index (χ4v) is 2.80. The van der Waals surface area contributed by atoms with Crippen molar-refractivity contribution >= 4 is 16.9 Å². The Morgan fingerprint density at radius 3 is 2.60 bits per heavy atom. The van der Waals surface area contributed by atoms with E-state index in [4.69, 9.17) is 10.5 Å². The van der Waals surface area contributed by atoms with Gasteiger partial charge in [0, 0.05) is 0 Å². The lowest BCUT2D eigenvalue weighted by Gasteiger charge is -2.34. The number of nitrogens with zero attached hydrogens (tertiary/aromatic N) is 2. The first-order valence-corrected chi connectivity index (χ1v) is 7.22. The van der Waals surface area contributed by atoms with Crippen molar-refractivity contribution in [2.45, 2.75) is 45.6 Å². The van der Waals surface area contributed by atoms with Gasteiger partial charge < -0.3 is 10.5 Å². The van der Waals surface area contributed by atoms with Crippen LogP contribution in [0.1, 0.15) is 39.5 Å². The predicted molar refractivity (Wildman–Crippen MR) is 80.6 cm³/mol. The van der Waals surface area contributed by atoms with Gasteiger partial charge in [-0.25, -0.2) is 4.98 Å². The van der Waals surface area contributed by atoms with Crippen LogP contribution in [0.4, 0.5) is 5.95 Å². The highest BCUT2D eigenvalue weighted by molar-refractivity contribution is 5.84. The molecule has 2 N–H and O–H groups in total. The molecule has 20 heavy (non-hydrogen) atoms. The monoisotopic (exact) mass is 271 g/mol. The molecule has 1 aromatic carbocycles. The molecule has 0 bridgehead atoms. The molecule has 4 nitrogen and oxygen atoms in total. The summed E-state index contributed by atoms with van der Waals surface area (Å²) < 4.78 is 6.11. The van der Waals surface area contributed by atoms with Crippen LogP contribution in [0.25, 0.3) is 10.9 Å². The molecule has 1 saturated carbocycles. The van der Waals surface area contributed by atoms with Crippen molar-refractivity contribution < 1.29 is 4.74 Å². The summed E-state index contributed by atoms with van der Waals surface area (Å²) in [6.07, 6.45) is 4.77. The Morgan fingerprint density at radius 1 is 1.15 bits per heavy atom. The molecule has 1 fully saturated rings. The number of anilines is 1. The minimum atomic E-state index is 0.237. The molecule has 1 aliphatic carbocycles. The summed E-state index contributed by atoms with van der Waals surface area (Å²) in [4.78, 5) is 8.52. The van der Waals surface area contributed by atoms with Gasteiger partial charge in [0.05, 0.1) is 10.9 Å². The number of ether oxygens (including phenoxy) is 1. The fraction of sp³-hybridized carbons (Fsp3) is 0.500.